The van der Waals surface area contributed by atoms with Crippen LogP contribution in [0.1, 0.15) is 22.8 Å². The van der Waals surface area contributed by atoms with Gasteiger partial charge in [0.2, 0.25) is 0 Å². The first-order valence-corrected chi connectivity index (χ1v) is 7.72. The molecule has 25 heavy (non-hydrogen) atoms. The Morgan fingerprint density at radius 1 is 1.04 bits per heavy atom. The Labute approximate surface area is 141 Å². The van der Waals surface area contributed by atoms with Gasteiger partial charge in [-0.05, 0) is 17.2 Å². The van der Waals surface area contributed by atoms with Crippen LogP contribution in [0.2, 0.25) is 0 Å². The lowest BCUT2D eigenvalue weighted by Gasteiger charge is -2.16. The predicted octanol–water partition coefficient (Wildman–Crippen LogP) is 3.96. The van der Waals surface area contributed by atoms with Gasteiger partial charge < -0.3 is 4.74 Å². The molecule has 1 aliphatic heterocycles. The van der Waals surface area contributed by atoms with Crippen molar-refractivity contribution in [3.05, 3.63) is 83.9 Å². The first-order valence-electron chi connectivity index (χ1n) is 7.72. The second kappa shape index (κ2) is 5.70. The van der Waals surface area contributed by atoms with Crippen LogP contribution in [-0.4, -0.2) is 14.8 Å². The van der Waals surface area contributed by atoms with Gasteiger partial charge in [-0.15, -0.1) is 0 Å². The minimum atomic E-state index is -4.43. The van der Waals surface area contributed by atoms with Gasteiger partial charge in [0.05, 0.1) is 12.1 Å². The molecule has 1 aliphatic rings. The summed E-state index contributed by atoms with van der Waals surface area (Å²) in [6.07, 6.45) is -2.21. The monoisotopic (exact) mass is 345 g/mol. The van der Waals surface area contributed by atoms with E-state index in [2.05, 4.69) is 10.1 Å². The van der Waals surface area contributed by atoms with E-state index in [1.807, 2.05) is 30.3 Å². The summed E-state index contributed by atoms with van der Waals surface area (Å²) >= 11 is 0. The van der Waals surface area contributed by atoms with Crippen molar-refractivity contribution in [3.8, 4) is 0 Å². The summed E-state index contributed by atoms with van der Waals surface area (Å²) in [5.74, 6) is 0. The molecule has 2 atom stereocenters. The molecule has 7 heteroatoms. The van der Waals surface area contributed by atoms with Gasteiger partial charge in [-0.3, -0.25) is 0 Å². The molecule has 1 fully saturated rings. The Hall–Kier alpha value is -2.67. The first-order chi connectivity index (χ1) is 12.0. The normalized spacial score (nSPS) is 22.8. The summed E-state index contributed by atoms with van der Waals surface area (Å²) in [6, 6.07) is 14.8. The molecule has 1 saturated heterocycles. The number of rotatable bonds is 4. The summed E-state index contributed by atoms with van der Waals surface area (Å²) in [6.45, 7) is 0.286. The van der Waals surface area contributed by atoms with E-state index in [1.54, 1.807) is 10.7 Å². The largest absolute Gasteiger partial charge is 0.416 e. The third-order valence-electron chi connectivity index (χ3n) is 4.37. The second-order valence-electron chi connectivity index (χ2n) is 5.93. The fraction of sp³-hybridized carbons (Fsp3) is 0.222. The van der Waals surface area contributed by atoms with Crippen molar-refractivity contribution >= 4 is 0 Å². The van der Waals surface area contributed by atoms with Crippen LogP contribution in [0.15, 0.2) is 67.3 Å². The maximum atomic E-state index is 13.4. The molecule has 4 rings (SSSR count). The highest BCUT2D eigenvalue weighted by atomic mass is 19.4. The molecule has 1 aromatic heterocycles. The molecule has 0 bridgehead atoms. The highest BCUT2D eigenvalue weighted by molar-refractivity contribution is 5.41. The summed E-state index contributed by atoms with van der Waals surface area (Å²) in [5.41, 5.74) is -0.612. The van der Waals surface area contributed by atoms with E-state index in [4.69, 9.17) is 4.74 Å². The molecule has 0 saturated carbocycles. The lowest BCUT2D eigenvalue weighted by atomic mass is 9.89. The van der Waals surface area contributed by atoms with Crippen LogP contribution in [0.5, 0.6) is 0 Å². The van der Waals surface area contributed by atoms with Crippen LogP contribution in [0, 0.1) is 0 Å². The molecule has 2 heterocycles. The zero-order valence-corrected chi connectivity index (χ0v) is 13.0. The van der Waals surface area contributed by atoms with Gasteiger partial charge in [0, 0.05) is 0 Å². The minimum absolute atomic E-state index is 0.138. The van der Waals surface area contributed by atoms with Gasteiger partial charge in [0.25, 0.3) is 0 Å². The van der Waals surface area contributed by atoms with Crippen LogP contribution >= 0.6 is 0 Å². The zero-order chi connectivity index (χ0) is 17.5. The molecular weight excluding hydrogens is 331 g/mol. The molecule has 0 N–H and O–H groups in total. The predicted molar refractivity (Wildman–Crippen MR) is 83.4 cm³/mol. The van der Waals surface area contributed by atoms with E-state index >= 15 is 0 Å². The van der Waals surface area contributed by atoms with E-state index in [-0.39, 0.29) is 12.1 Å². The van der Waals surface area contributed by atoms with Crippen molar-refractivity contribution in [3.63, 3.8) is 0 Å². The Kier molecular flexibility index (Phi) is 3.61. The molecule has 128 valence electrons. The number of epoxide rings is 1. The van der Waals surface area contributed by atoms with Gasteiger partial charge >= 0.3 is 6.18 Å². The number of nitrogens with zero attached hydrogens (tertiary/aromatic N) is 3. The average Bonchev–Trinajstić information content (AvgIpc) is 3.10. The van der Waals surface area contributed by atoms with Gasteiger partial charge in [0.15, 0.2) is 0 Å². The fourth-order valence-electron chi connectivity index (χ4n) is 3.18. The lowest BCUT2D eigenvalue weighted by molar-refractivity contribution is -0.138. The zero-order valence-electron chi connectivity index (χ0n) is 13.0. The molecule has 3 aromatic rings. The van der Waals surface area contributed by atoms with Crippen molar-refractivity contribution in [1.82, 2.24) is 14.8 Å². The number of hydrogen-bond acceptors (Lipinski definition) is 3. The SMILES string of the molecule is FC(F)(F)c1ccccc1[C@@H]1O[C@@]1(Cn1cncn1)c1ccccc1. The summed E-state index contributed by atoms with van der Waals surface area (Å²) < 4.78 is 47.6. The standard InChI is InChI=1S/C18H14F3N3O/c19-18(20,21)15-9-5-4-8-14(15)16-17(25-16,10-24-12-22-11-23-24)13-6-2-1-3-7-13/h1-9,11-12,16H,10H2/t16-,17-/m0/s1. The summed E-state index contributed by atoms with van der Waals surface area (Å²) in [4.78, 5) is 3.90. The molecule has 0 amide bonds. The maximum Gasteiger partial charge on any atom is 0.416 e. The van der Waals surface area contributed by atoms with Crippen molar-refractivity contribution in [2.45, 2.75) is 24.4 Å². The molecule has 0 radical (unpaired) electrons. The van der Waals surface area contributed by atoms with Crippen molar-refractivity contribution in [1.29, 1.82) is 0 Å². The van der Waals surface area contributed by atoms with E-state index in [0.717, 1.165) is 11.6 Å². The molecule has 0 aliphatic carbocycles. The third-order valence-corrected chi connectivity index (χ3v) is 4.37. The quantitative estimate of drug-likeness (QED) is 0.672. The van der Waals surface area contributed by atoms with Crippen LogP contribution in [0.3, 0.4) is 0 Å². The van der Waals surface area contributed by atoms with E-state index in [1.165, 1.54) is 24.8 Å². The number of halogens is 3. The third kappa shape index (κ3) is 2.80. The maximum absolute atomic E-state index is 13.4. The topological polar surface area (TPSA) is 43.2 Å². The van der Waals surface area contributed by atoms with Crippen LogP contribution in [-0.2, 0) is 23.1 Å². The lowest BCUT2D eigenvalue weighted by Crippen LogP contribution is -2.20. The summed E-state index contributed by atoms with van der Waals surface area (Å²) in [5, 5.41) is 4.07. The van der Waals surface area contributed by atoms with E-state index in [9.17, 15) is 13.2 Å². The number of benzene rings is 2. The van der Waals surface area contributed by atoms with Gasteiger partial charge in [-0.25, -0.2) is 9.67 Å². The number of aromatic nitrogens is 3. The van der Waals surface area contributed by atoms with Gasteiger partial charge in [-0.1, -0.05) is 48.5 Å². The number of alkyl halides is 3. The molecular formula is C18H14F3N3O. The van der Waals surface area contributed by atoms with Crippen molar-refractivity contribution < 1.29 is 17.9 Å². The minimum Gasteiger partial charge on any atom is -0.354 e. The van der Waals surface area contributed by atoms with Crippen LogP contribution < -0.4 is 0 Å². The number of ether oxygens (including phenoxy) is 1. The molecule has 4 nitrogen and oxygen atoms in total. The molecule has 0 unspecified atom stereocenters. The molecule has 2 aromatic carbocycles. The van der Waals surface area contributed by atoms with E-state index < -0.39 is 23.4 Å². The highest BCUT2D eigenvalue weighted by Gasteiger charge is 2.60. The smallest absolute Gasteiger partial charge is 0.354 e. The Balaban J connectivity index is 1.77. The number of hydrogen-bond donors (Lipinski definition) is 0. The fourth-order valence-corrected chi connectivity index (χ4v) is 3.18. The van der Waals surface area contributed by atoms with Crippen LogP contribution in [0.4, 0.5) is 13.2 Å². The highest BCUT2D eigenvalue weighted by Crippen LogP contribution is 2.59. The van der Waals surface area contributed by atoms with Crippen molar-refractivity contribution in [2.24, 2.45) is 0 Å². The van der Waals surface area contributed by atoms with Gasteiger partial charge in [0.1, 0.15) is 24.4 Å². The Bertz CT molecular complexity index is 865. The Morgan fingerprint density at radius 2 is 1.76 bits per heavy atom. The second-order valence-corrected chi connectivity index (χ2v) is 5.93. The average molecular weight is 345 g/mol. The Morgan fingerprint density at radius 3 is 2.44 bits per heavy atom. The van der Waals surface area contributed by atoms with Crippen LogP contribution in [0.25, 0.3) is 0 Å². The summed E-state index contributed by atoms with van der Waals surface area (Å²) in [7, 11) is 0. The van der Waals surface area contributed by atoms with Gasteiger partial charge in [-0.2, -0.15) is 18.3 Å². The van der Waals surface area contributed by atoms with Crippen molar-refractivity contribution in [2.75, 3.05) is 0 Å². The van der Waals surface area contributed by atoms with E-state index in [0.29, 0.717) is 0 Å². The molecule has 0 spiro atoms. The first kappa shape index (κ1) is 15.8.